The summed E-state index contributed by atoms with van der Waals surface area (Å²) < 4.78 is 10.3. The zero-order valence-electron chi connectivity index (χ0n) is 50.3. The van der Waals surface area contributed by atoms with Gasteiger partial charge < -0.3 is 36.3 Å². The Morgan fingerprint density at radius 2 is 0.765 bits per heavy atom. The highest BCUT2D eigenvalue weighted by Gasteiger charge is 2.26. The van der Waals surface area contributed by atoms with Crippen molar-refractivity contribution >= 4 is 47.3 Å². The molecule has 0 bridgehead atoms. The van der Waals surface area contributed by atoms with E-state index in [2.05, 4.69) is 35.9 Å². The molecule has 0 aliphatic rings. The summed E-state index contributed by atoms with van der Waals surface area (Å²) in [4.78, 5) is 60.7. The number of aromatic nitrogens is 4. The van der Waals surface area contributed by atoms with E-state index in [9.17, 15) is 34.5 Å². The molecule has 3 atom stereocenters. The van der Waals surface area contributed by atoms with Crippen molar-refractivity contribution in [2.24, 2.45) is 5.73 Å². The van der Waals surface area contributed by atoms with Gasteiger partial charge in [-0.1, -0.05) is 121 Å². The molecule has 0 radical (unpaired) electrons. The molecule has 4 aromatic heterocycles. The molecular formula is C67H81N9O9. The largest absolute Gasteiger partial charge is 0.444 e. The molecule has 3 unspecified atom stereocenters. The molecule has 0 saturated heterocycles. The highest BCUT2D eigenvalue weighted by Crippen LogP contribution is 2.28. The third kappa shape index (κ3) is 26.6. The number of hydrogen-bond acceptors (Lipinski definition) is 14. The molecule has 8 rings (SSSR count). The summed E-state index contributed by atoms with van der Waals surface area (Å²) in [5.74, 6) is 1.87. The molecule has 4 aromatic carbocycles. The fraction of sp³-hybridized carbons (Fsp3) is 0.284. The van der Waals surface area contributed by atoms with Crippen LogP contribution in [0.4, 0.5) is 37.7 Å². The number of nitrogens with two attached hydrogens (primary N) is 2. The number of aryl methyl sites for hydroxylation is 1. The van der Waals surface area contributed by atoms with E-state index < -0.39 is 46.2 Å². The smallest absolute Gasteiger partial charge is 0.413 e. The van der Waals surface area contributed by atoms with E-state index >= 15 is 0 Å². The Morgan fingerprint density at radius 1 is 0.447 bits per heavy atom. The summed E-state index contributed by atoms with van der Waals surface area (Å²) in [6, 6.07) is 51.4. The number of carbonyl (C=O) groups is 4. The van der Waals surface area contributed by atoms with E-state index in [4.69, 9.17) is 20.9 Å². The molecule has 0 spiro atoms. The number of urea groups is 1. The number of aliphatic hydroxyl groups is 3. The molecule has 18 nitrogen and oxygen atoms in total. The molecule has 18 heteroatoms. The molecule has 0 aliphatic heterocycles. The van der Waals surface area contributed by atoms with Crippen molar-refractivity contribution in [2.75, 3.05) is 21.7 Å². The average Bonchev–Trinajstić information content (AvgIpc) is 3.24. The number of ketones is 1. The zero-order chi connectivity index (χ0) is 62.9. The van der Waals surface area contributed by atoms with Crippen molar-refractivity contribution in [3.8, 4) is 0 Å². The number of pyridine rings is 4. The van der Waals surface area contributed by atoms with Crippen LogP contribution in [0, 0.1) is 6.92 Å². The van der Waals surface area contributed by atoms with E-state index in [1.807, 2.05) is 167 Å². The lowest BCUT2D eigenvalue weighted by molar-refractivity contribution is 0.0571. The summed E-state index contributed by atoms with van der Waals surface area (Å²) in [6.45, 7) is 19.7. The standard InChI is InChI=1S/C19H24N2O3.C15H17N3O2.C14H16N2O.C11H16N2O2.C8H8O/c1-18(2,3)24-17(22)21-16-12-14(10-11-20-16)13-19(4,23)15-8-6-5-7-9-15;1-15(20,12-5-3-2-4-6-12)10-11-7-8-17-13(9-11)18-14(16)19;1-14(17,12-5-3-2-4-6-12)10-11-7-8-16-13(15)9-11;1-8-5-6-12-9(7-8)13-10(14)15-11(2,3)4;1-7(9)8-5-3-2-4-6-8/h5-12,23H,13H2,1-4H3,(H,20,21,22);2-9,20H,10H2,1H3,(H3,16,17,18,19);2-9,17H,10H2,1H3,(H2,15,16);5-7H,1-4H3,(H,12,13,14);2-6H,1H3. The van der Waals surface area contributed by atoms with Gasteiger partial charge in [-0.3, -0.25) is 20.7 Å². The van der Waals surface area contributed by atoms with Gasteiger partial charge in [0.1, 0.15) is 34.5 Å². The molecule has 10 N–H and O–H groups in total. The number of benzene rings is 4. The van der Waals surface area contributed by atoms with E-state index in [0.29, 0.717) is 42.5 Å². The predicted molar refractivity (Wildman–Crippen MR) is 335 cm³/mol. The average molecular weight is 1160 g/mol. The summed E-state index contributed by atoms with van der Waals surface area (Å²) in [6.07, 6.45) is 6.76. The number of amides is 4. The molecule has 8 aromatic rings. The number of nitrogens with one attached hydrogen (secondary N) is 3. The maximum absolute atomic E-state index is 11.8. The monoisotopic (exact) mass is 1160 g/mol. The number of ether oxygens (including phenoxy) is 2. The molecule has 0 fully saturated rings. The van der Waals surface area contributed by atoms with Crippen LogP contribution in [-0.2, 0) is 45.5 Å². The summed E-state index contributed by atoms with van der Waals surface area (Å²) in [7, 11) is 0. The van der Waals surface area contributed by atoms with Crippen molar-refractivity contribution in [1.29, 1.82) is 0 Å². The topological polar surface area (TPSA) is 287 Å². The van der Waals surface area contributed by atoms with Crippen molar-refractivity contribution in [2.45, 2.75) is 123 Å². The molecule has 4 amide bonds. The summed E-state index contributed by atoms with van der Waals surface area (Å²) in [5, 5.41) is 39.4. The van der Waals surface area contributed by atoms with Gasteiger partial charge in [0.25, 0.3) is 0 Å². The van der Waals surface area contributed by atoms with Gasteiger partial charge in [0, 0.05) is 49.6 Å². The van der Waals surface area contributed by atoms with Gasteiger partial charge in [-0.2, -0.15) is 0 Å². The lowest BCUT2D eigenvalue weighted by Gasteiger charge is -2.24. The first-order chi connectivity index (χ1) is 39.9. The fourth-order valence-electron chi connectivity index (χ4n) is 8.02. The van der Waals surface area contributed by atoms with Gasteiger partial charge in [-0.15, -0.1) is 0 Å². The minimum Gasteiger partial charge on any atom is -0.444 e. The fourth-order valence-corrected chi connectivity index (χ4v) is 8.02. The number of Topliss-reactive ketones (excluding diaryl/α,β-unsaturated/α-hetero) is 1. The van der Waals surface area contributed by atoms with Crippen LogP contribution in [0.5, 0.6) is 0 Å². The van der Waals surface area contributed by atoms with Gasteiger partial charge in [0.2, 0.25) is 0 Å². The van der Waals surface area contributed by atoms with Crippen LogP contribution in [0.3, 0.4) is 0 Å². The molecule has 0 saturated carbocycles. The van der Waals surface area contributed by atoms with Crippen LogP contribution in [0.1, 0.15) is 119 Å². The second kappa shape index (κ2) is 31.9. The van der Waals surface area contributed by atoms with Gasteiger partial charge in [0.15, 0.2) is 5.78 Å². The maximum atomic E-state index is 11.8. The van der Waals surface area contributed by atoms with Crippen LogP contribution in [0.25, 0.3) is 0 Å². The van der Waals surface area contributed by atoms with Crippen LogP contribution >= 0.6 is 0 Å². The van der Waals surface area contributed by atoms with Crippen molar-refractivity contribution in [1.82, 2.24) is 19.9 Å². The van der Waals surface area contributed by atoms with Crippen LogP contribution in [-0.4, -0.2) is 70.5 Å². The zero-order valence-corrected chi connectivity index (χ0v) is 50.3. The SMILES string of the molecule is CC(=O)c1ccccc1.CC(C)(C)OC(=O)Nc1cc(CC(C)(O)c2ccccc2)ccn1.CC(O)(Cc1ccnc(N)c1)c1ccccc1.CC(O)(Cc1ccnc(NC(N)=O)c1)c1ccccc1.Cc1ccnc(NC(=O)OC(C)(C)C)c1. The Balaban J connectivity index is 0.000000234. The minimum atomic E-state index is -1.01. The quantitative estimate of drug-likeness (QED) is 0.0498. The van der Waals surface area contributed by atoms with Crippen LogP contribution < -0.4 is 27.4 Å². The highest BCUT2D eigenvalue weighted by molar-refractivity contribution is 5.93. The van der Waals surface area contributed by atoms with Crippen molar-refractivity contribution < 1.29 is 44.0 Å². The van der Waals surface area contributed by atoms with Gasteiger partial charge in [-0.05, 0) is 164 Å². The molecular weight excluding hydrogens is 1070 g/mol. The number of primary amides is 1. The van der Waals surface area contributed by atoms with Gasteiger partial charge >= 0.3 is 18.2 Å². The Morgan fingerprint density at radius 3 is 1.08 bits per heavy atom. The third-order valence-electron chi connectivity index (χ3n) is 11.9. The molecule has 0 aliphatic carbocycles. The second-order valence-corrected chi connectivity index (χ2v) is 22.5. The number of hydrogen-bond donors (Lipinski definition) is 8. The van der Waals surface area contributed by atoms with Crippen molar-refractivity contribution in [3.63, 3.8) is 0 Å². The Kier molecular flexibility index (Phi) is 25.6. The van der Waals surface area contributed by atoms with E-state index in [1.54, 1.807) is 104 Å². The first-order valence-electron chi connectivity index (χ1n) is 27.4. The van der Waals surface area contributed by atoms with E-state index in [1.165, 1.54) is 0 Å². The van der Waals surface area contributed by atoms with Gasteiger partial charge in [0.05, 0.1) is 16.8 Å². The number of nitrogen functional groups attached to an aromatic ring is 1. The van der Waals surface area contributed by atoms with Crippen molar-refractivity contribution in [3.05, 3.63) is 239 Å². The summed E-state index contributed by atoms with van der Waals surface area (Å²) in [5.41, 5.74) is 13.8. The van der Waals surface area contributed by atoms with Crippen LogP contribution in [0.15, 0.2) is 195 Å². The number of anilines is 4. The first-order valence-corrected chi connectivity index (χ1v) is 27.4. The minimum absolute atomic E-state index is 0.121. The lowest BCUT2D eigenvalue weighted by atomic mass is 9.89. The Hall–Kier alpha value is -9.36. The normalized spacial score (nSPS) is 12.8. The lowest BCUT2D eigenvalue weighted by Crippen LogP contribution is -2.27. The van der Waals surface area contributed by atoms with Gasteiger partial charge in [-0.25, -0.2) is 34.3 Å². The summed E-state index contributed by atoms with van der Waals surface area (Å²) >= 11 is 0. The van der Waals surface area contributed by atoms with E-state index in [0.717, 1.165) is 44.5 Å². The predicted octanol–water partition coefficient (Wildman–Crippen LogP) is 12.6. The second-order valence-electron chi connectivity index (χ2n) is 22.5. The highest BCUT2D eigenvalue weighted by atomic mass is 16.6. The van der Waals surface area contributed by atoms with E-state index in [-0.39, 0.29) is 5.78 Å². The molecule has 85 heavy (non-hydrogen) atoms. The first kappa shape index (κ1) is 68.1. The number of carbonyl (C=O) groups excluding carboxylic acids is 4. The number of rotatable bonds is 13. The molecule has 4 heterocycles. The number of nitrogens with zero attached hydrogens (tertiary/aromatic N) is 4. The Bertz CT molecular complexity index is 3350. The Labute approximate surface area is 499 Å². The van der Waals surface area contributed by atoms with Crippen LogP contribution in [0.2, 0.25) is 0 Å². The molecule has 448 valence electrons. The maximum Gasteiger partial charge on any atom is 0.413 e. The third-order valence-corrected chi connectivity index (χ3v) is 11.9.